The van der Waals surface area contributed by atoms with Crippen LogP contribution in [-0.2, 0) is 0 Å². The van der Waals surface area contributed by atoms with Gasteiger partial charge in [-0.05, 0) is 24.3 Å². The third kappa shape index (κ3) is 4.94. The average Bonchev–Trinajstić information content (AvgIpc) is 2.31. The van der Waals surface area contributed by atoms with Gasteiger partial charge in [0.15, 0.2) is 0 Å². The van der Waals surface area contributed by atoms with Crippen molar-refractivity contribution in [1.29, 1.82) is 0 Å². The predicted molar refractivity (Wildman–Crippen MR) is 74.0 cm³/mol. The zero-order valence-electron chi connectivity index (χ0n) is 9.52. The molecule has 0 bridgehead atoms. The van der Waals surface area contributed by atoms with Crippen molar-refractivity contribution in [3.8, 4) is 0 Å². The molecule has 0 amide bonds. The van der Waals surface area contributed by atoms with Gasteiger partial charge in [0.2, 0.25) is 0 Å². The highest BCUT2D eigenvalue weighted by Crippen LogP contribution is 2.29. The van der Waals surface area contributed by atoms with Crippen LogP contribution >= 0.6 is 35.0 Å². The van der Waals surface area contributed by atoms with E-state index in [2.05, 4.69) is 9.97 Å². The lowest BCUT2D eigenvalue weighted by molar-refractivity contribution is 1.22. The van der Waals surface area contributed by atoms with Crippen LogP contribution in [0.4, 0.5) is 0 Å². The fourth-order valence-corrected chi connectivity index (χ4v) is 2.51. The fourth-order valence-electron chi connectivity index (χ4n) is 1.05. The van der Waals surface area contributed by atoms with Crippen molar-refractivity contribution < 1.29 is 0 Å². The van der Waals surface area contributed by atoms with E-state index in [1.807, 2.05) is 26.0 Å². The lowest BCUT2D eigenvalue weighted by Crippen LogP contribution is -1.80. The molecule has 0 aromatic carbocycles. The number of nitrogens with zero attached hydrogens (tertiary/aromatic N) is 2. The summed E-state index contributed by atoms with van der Waals surface area (Å²) in [7, 11) is 0. The molecule has 0 aliphatic heterocycles. The minimum atomic E-state index is 0.397. The van der Waals surface area contributed by atoms with Gasteiger partial charge in [0.25, 0.3) is 0 Å². The SMILES string of the molecule is CC.Clc1cc(Sc2cccnc2)cc(Cl)n1. The Bertz CT molecular complexity index is 443. The van der Waals surface area contributed by atoms with E-state index in [9.17, 15) is 0 Å². The summed E-state index contributed by atoms with van der Waals surface area (Å²) in [6, 6.07) is 7.39. The van der Waals surface area contributed by atoms with E-state index in [-0.39, 0.29) is 0 Å². The molecule has 0 aliphatic carbocycles. The number of aromatic nitrogens is 2. The van der Waals surface area contributed by atoms with Crippen molar-refractivity contribution in [3.63, 3.8) is 0 Å². The highest BCUT2D eigenvalue weighted by molar-refractivity contribution is 7.99. The Morgan fingerprint density at radius 3 is 2.24 bits per heavy atom. The predicted octanol–water partition coefficient (Wildman–Crippen LogP) is 4.96. The molecule has 2 rings (SSSR count). The van der Waals surface area contributed by atoms with Gasteiger partial charge in [0.1, 0.15) is 10.3 Å². The van der Waals surface area contributed by atoms with Crippen molar-refractivity contribution in [1.82, 2.24) is 9.97 Å². The van der Waals surface area contributed by atoms with Crippen LogP contribution in [0.5, 0.6) is 0 Å². The van der Waals surface area contributed by atoms with Crippen LogP contribution in [0.3, 0.4) is 0 Å². The molecule has 5 heteroatoms. The van der Waals surface area contributed by atoms with Crippen LogP contribution in [0.1, 0.15) is 13.8 Å². The molecular weight excluding hydrogens is 275 g/mol. The molecule has 90 valence electrons. The van der Waals surface area contributed by atoms with E-state index < -0.39 is 0 Å². The zero-order valence-corrected chi connectivity index (χ0v) is 11.9. The third-order valence-corrected chi connectivity index (χ3v) is 2.94. The normalized spacial score (nSPS) is 9.41. The first-order valence-corrected chi connectivity index (χ1v) is 6.72. The van der Waals surface area contributed by atoms with Gasteiger partial charge in [0.05, 0.1) is 0 Å². The monoisotopic (exact) mass is 286 g/mol. The molecule has 0 fully saturated rings. The second kappa shape index (κ2) is 7.54. The van der Waals surface area contributed by atoms with Crippen molar-refractivity contribution in [2.75, 3.05) is 0 Å². The average molecular weight is 287 g/mol. The summed E-state index contributed by atoms with van der Waals surface area (Å²) in [6.45, 7) is 4.00. The van der Waals surface area contributed by atoms with Gasteiger partial charge in [-0.15, -0.1) is 0 Å². The Hall–Kier alpha value is -0.770. The van der Waals surface area contributed by atoms with Gasteiger partial charge in [-0.2, -0.15) is 0 Å². The molecule has 0 saturated carbocycles. The molecule has 2 aromatic heterocycles. The van der Waals surface area contributed by atoms with Crippen LogP contribution < -0.4 is 0 Å². The standard InChI is InChI=1S/C10H6Cl2N2S.C2H6/c11-9-4-8(5-10(12)14-9)15-7-2-1-3-13-6-7;1-2/h1-6H;1-2H3. The number of hydrogen-bond acceptors (Lipinski definition) is 3. The first-order chi connectivity index (χ1) is 8.24. The molecule has 0 atom stereocenters. The molecule has 0 unspecified atom stereocenters. The fraction of sp³-hybridized carbons (Fsp3) is 0.167. The molecular formula is C12H12Cl2N2S. The third-order valence-electron chi connectivity index (χ3n) is 1.61. The molecule has 0 radical (unpaired) electrons. The van der Waals surface area contributed by atoms with E-state index in [0.29, 0.717) is 10.3 Å². The minimum absolute atomic E-state index is 0.397. The van der Waals surface area contributed by atoms with Gasteiger partial charge >= 0.3 is 0 Å². The minimum Gasteiger partial charge on any atom is -0.264 e. The molecule has 2 aromatic rings. The van der Waals surface area contributed by atoms with Crippen LogP contribution in [-0.4, -0.2) is 9.97 Å². The molecule has 0 N–H and O–H groups in total. The molecule has 0 aliphatic rings. The summed E-state index contributed by atoms with van der Waals surface area (Å²) < 4.78 is 0. The van der Waals surface area contributed by atoms with Crippen molar-refractivity contribution >= 4 is 35.0 Å². The van der Waals surface area contributed by atoms with E-state index >= 15 is 0 Å². The van der Waals surface area contributed by atoms with E-state index in [4.69, 9.17) is 23.2 Å². The largest absolute Gasteiger partial charge is 0.264 e. The summed E-state index contributed by atoms with van der Waals surface area (Å²) in [5.41, 5.74) is 0. The quantitative estimate of drug-likeness (QED) is 0.730. The summed E-state index contributed by atoms with van der Waals surface area (Å²) in [6.07, 6.45) is 3.52. The van der Waals surface area contributed by atoms with E-state index in [0.717, 1.165) is 9.79 Å². The highest BCUT2D eigenvalue weighted by Gasteiger charge is 2.01. The van der Waals surface area contributed by atoms with Crippen LogP contribution in [0.15, 0.2) is 46.5 Å². The Morgan fingerprint density at radius 1 is 1.06 bits per heavy atom. The Balaban J connectivity index is 0.000000686. The summed E-state index contributed by atoms with van der Waals surface area (Å²) in [5, 5.41) is 0.794. The summed E-state index contributed by atoms with van der Waals surface area (Å²) >= 11 is 13.1. The lowest BCUT2D eigenvalue weighted by atomic mass is 10.5. The number of rotatable bonds is 2. The lowest BCUT2D eigenvalue weighted by Gasteiger charge is -2.01. The molecule has 0 saturated heterocycles. The maximum Gasteiger partial charge on any atom is 0.131 e. The topological polar surface area (TPSA) is 25.8 Å². The van der Waals surface area contributed by atoms with Crippen LogP contribution in [0, 0.1) is 0 Å². The molecule has 2 heterocycles. The van der Waals surface area contributed by atoms with Crippen molar-refractivity contribution in [3.05, 3.63) is 47.0 Å². The van der Waals surface area contributed by atoms with Gasteiger partial charge in [0, 0.05) is 22.2 Å². The van der Waals surface area contributed by atoms with E-state index in [1.165, 1.54) is 0 Å². The van der Waals surface area contributed by atoms with Gasteiger partial charge in [-0.25, -0.2) is 4.98 Å². The zero-order chi connectivity index (χ0) is 12.7. The maximum atomic E-state index is 5.79. The maximum absolute atomic E-state index is 5.79. The molecule has 17 heavy (non-hydrogen) atoms. The Kier molecular flexibility index (Phi) is 6.34. The smallest absolute Gasteiger partial charge is 0.131 e. The van der Waals surface area contributed by atoms with E-state index in [1.54, 1.807) is 36.3 Å². The highest BCUT2D eigenvalue weighted by atomic mass is 35.5. The van der Waals surface area contributed by atoms with Crippen molar-refractivity contribution in [2.24, 2.45) is 0 Å². The van der Waals surface area contributed by atoms with Gasteiger partial charge < -0.3 is 0 Å². The number of halogens is 2. The molecule has 0 spiro atoms. The second-order valence-electron chi connectivity index (χ2n) is 2.74. The van der Waals surface area contributed by atoms with Gasteiger partial charge in [-0.1, -0.05) is 48.8 Å². The van der Waals surface area contributed by atoms with Gasteiger partial charge in [-0.3, -0.25) is 4.98 Å². The summed E-state index contributed by atoms with van der Waals surface area (Å²) in [5.74, 6) is 0. The van der Waals surface area contributed by atoms with Crippen LogP contribution in [0.2, 0.25) is 10.3 Å². The number of hydrogen-bond donors (Lipinski definition) is 0. The van der Waals surface area contributed by atoms with Crippen molar-refractivity contribution in [2.45, 2.75) is 23.6 Å². The Morgan fingerprint density at radius 2 is 1.71 bits per heavy atom. The number of pyridine rings is 2. The first kappa shape index (κ1) is 14.3. The summed E-state index contributed by atoms with van der Waals surface area (Å²) in [4.78, 5) is 9.89. The first-order valence-electron chi connectivity index (χ1n) is 5.15. The Labute approximate surface area is 115 Å². The second-order valence-corrected chi connectivity index (χ2v) is 4.66. The van der Waals surface area contributed by atoms with Crippen LogP contribution in [0.25, 0.3) is 0 Å². The molecule has 2 nitrogen and oxygen atoms in total.